The predicted octanol–water partition coefficient (Wildman–Crippen LogP) is 4.84. The Hall–Kier alpha value is -0.250. The van der Waals surface area contributed by atoms with Crippen LogP contribution in [0.2, 0.25) is 10.0 Å². The summed E-state index contributed by atoms with van der Waals surface area (Å²) in [4.78, 5) is 12.3. The van der Waals surface area contributed by atoms with E-state index in [2.05, 4.69) is 15.9 Å². The van der Waals surface area contributed by atoms with Crippen molar-refractivity contribution in [1.29, 1.82) is 0 Å². The molecule has 2 nitrogen and oxygen atoms in total. The molecule has 0 saturated heterocycles. The van der Waals surface area contributed by atoms with Crippen LogP contribution in [0.1, 0.15) is 37.0 Å². The van der Waals surface area contributed by atoms with Gasteiger partial charge >= 0.3 is 0 Å². The molecule has 0 fully saturated rings. The van der Waals surface area contributed by atoms with Gasteiger partial charge in [-0.2, -0.15) is 0 Å². The first-order valence-corrected chi connectivity index (χ1v) is 6.83. The molecule has 0 aromatic heterocycles. The Morgan fingerprint density at radius 3 is 2.29 bits per heavy atom. The molecule has 0 aliphatic rings. The van der Waals surface area contributed by atoms with Crippen LogP contribution in [0.4, 0.5) is 0 Å². The van der Waals surface area contributed by atoms with Gasteiger partial charge in [-0.3, -0.25) is 4.79 Å². The summed E-state index contributed by atoms with van der Waals surface area (Å²) in [6.07, 6.45) is 1.30. The van der Waals surface area contributed by atoms with E-state index in [1.165, 1.54) is 12.1 Å². The highest BCUT2D eigenvalue weighted by molar-refractivity contribution is 9.10. The number of carbonyl (C=O) groups is 1. The van der Waals surface area contributed by atoms with Crippen molar-refractivity contribution in [2.75, 3.05) is 0 Å². The Kier molecular flexibility index (Phi) is 4.87. The van der Waals surface area contributed by atoms with Crippen molar-refractivity contribution in [3.8, 4) is 5.75 Å². The number of aromatic hydroxyl groups is 1. The molecular weight excluding hydrogens is 327 g/mol. The average molecular weight is 340 g/mol. The van der Waals surface area contributed by atoms with Crippen LogP contribution in [0.3, 0.4) is 0 Å². The Balaban J connectivity index is 3.27. The molecule has 1 aromatic carbocycles. The molecule has 0 unspecified atom stereocenters. The zero-order valence-corrected chi connectivity index (χ0v) is 12.7. The van der Waals surface area contributed by atoms with Gasteiger partial charge in [0.15, 0.2) is 5.78 Å². The molecule has 1 N–H and O–H groups in total. The molecule has 0 aliphatic heterocycles. The third-order valence-corrected chi connectivity index (χ3v) is 5.19. The largest absolute Gasteiger partial charge is 0.506 e. The lowest BCUT2D eigenvalue weighted by Crippen LogP contribution is -2.30. The number of rotatable bonds is 4. The number of Topliss-reactive ketones (excluding diaryl/α,β-unsaturated/α-hetero) is 1. The summed E-state index contributed by atoms with van der Waals surface area (Å²) in [5, 5.41) is 9.50. The molecular formula is C12H13BrCl2O2. The summed E-state index contributed by atoms with van der Waals surface area (Å²) < 4.78 is -0.628. The van der Waals surface area contributed by atoms with Crippen LogP contribution in [0.5, 0.6) is 5.75 Å². The minimum absolute atomic E-state index is 0.0135. The molecule has 1 aromatic rings. The van der Waals surface area contributed by atoms with Crippen molar-refractivity contribution in [2.24, 2.45) is 0 Å². The minimum Gasteiger partial charge on any atom is -0.506 e. The maximum absolute atomic E-state index is 12.3. The smallest absolute Gasteiger partial charge is 0.181 e. The Labute approximate surface area is 119 Å². The molecule has 5 heteroatoms. The number of alkyl halides is 1. The van der Waals surface area contributed by atoms with Crippen molar-refractivity contribution in [1.82, 2.24) is 0 Å². The third kappa shape index (κ3) is 2.78. The topological polar surface area (TPSA) is 37.3 Å². The molecule has 0 amide bonds. The highest BCUT2D eigenvalue weighted by Gasteiger charge is 2.34. The monoisotopic (exact) mass is 338 g/mol. The van der Waals surface area contributed by atoms with E-state index in [0.717, 1.165) is 0 Å². The third-order valence-electron chi connectivity index (χ3n) is 2.83. The number of carbonyl (C=O) groups excluding carboxylic acids is 1. The molecule has 0 spiro atoms. The maximum Gasteiger partial charge on any atom is 0.181 e. The van der Waals surface area contributed by atoms with Gasteiger partial charge in [-0.25, -0.2) is 0 Å². The molecule has 0 atom stereocenters. The molecule has 94 valence electrons. The van der Waals surface area contributed by atoms with Gasteiger partial charge in [0.05, 0.1) is 9.35 Å². The first-order chi connectivity index (χ1) is 7.87. The second-order valence-electron chi connectivity index (χ2n) is 3.76. The van der Waals surface area contributed by atoms with Gasteiger partial charge < -0.3 is 5.11 Å². The average Bonchev–Trinajstić information content (AvgIpc) is 2.34. The Bertz CT molecular complexity index is 442. The standard InChI is InChI=1S/C12H13BrCl2O2/c1-3-12(13,4-2)11(17)7-5-6-8(16)10(15)9(7)14/h5-6,16H,3-4H2,1-2H3. The molecule has 0 aliphatic carbocycles. The zero-order chi connectivity index (χ0) is 13.2. The van der Waals surface area contributed by atoms with Crippen molar-refractivity contribution in [3.05, 3.63) is 27.7 Å². The van der Waals surface area contributed by atoms with E-state index in [4.69, 9.17) is 23.2 Å². The van der Waals surface area contributed by atoms with Gasteiger partial charge in [0.25, 0.3) is 0 Å². The summed E-state index contributed by atoms with van der Waals surface area (Å²) in [6.45, 7) is 3.85. The normalized spacial score (nSPS) is 11.6. The second kappa shape index (κ2) is 5.59. The lowest BCUT2D eigenvalue weighted by molar-refractivity contribution is 0.0941. The van der Waals surface area contributed by atoms with Crippen molar-refractivity contribution in [3.63, 3.8) is 0 Å². The van der Waals surface area contributed by atoms with Crippen LogP contribution in [0.25, 0.3) is 0 Å². The number of ketones is 1. The van der Waals surface area contributed by atoms with Crippen molar-refractivity contribution in [2.45, 2.75) is 31.0 Å². The molecule has 17 heavy (non-hydrogen) atoms. The maximum atomic E-state index is 12.3. The zero-order valence-electron chi connectivity index (χ0n) is 9.56. The van der Waals surface area contributed by atoms with Gasteiger partial charge in [0.2, 0.25) is 0 Å². The molecule has 0 heterocycles. The van der Waals surface area contributed by atoms with E-state index in [1.807, 2.05) is 13.8 Å². The van der Waals surface area contributed by atoms with Crippen molar-refractivity contribution < 1.29 is 9.90 Å². The number of hydrogen-bond donors (Lipinski definition) is 1. The van der Waals surface area contributed by atoms with Gasteiger partial charge in [-0.15, -0.1) is 0 Å². The van der Waals surface area contributed by atoms with E-state index in [-0.39, 0.29) is 21.6 Å². The fraction of sp³-hybridized carbons (Fsp3) is 0.417. The van der Waals surface area contributed by atoms with E-state index in [0.29, 0.717) is 18.4 Å². The van der Waals surface area contributed by atoms with Crippen LogP contribution in [-0.2, 0) is 0 Å². The summed E-state index contributed by atoms with van der Waals surface area (Å²) in [5.41, 5.74) is 0.329. The van der Waals surface area contributed by atoms with Crippen LogP contribution in [0.15, 0.2) is 12.1 Å². The Morgan fingerprint density at radius 1 is 1.29 bits per heavy atom. The molecule has 0 radical (unpaired) electrons. The first kappa shape index (κ1) is 14.8. The van der Waals surface area contributed by atoms with Gasteiger partial charge in [-0.05, 0) is 25.0 Å². The number of benzene rings is 1. The van der Waals surface area contributed by atoms with Crippen LogP contribution in [0, 0.1) is 0 Å². The van der Waals surface area contributed by atoms with Crippen LogP contribution >= 0.6 is 39.1 Å². The summed E-state index contributed by atoms with van der Waals surface area (Å²) >= 11 is 15.2. The quantitative estimate of drug-likeness (QED) is 0.629. The molecule has 0 bridgehead atoms. The highest BCUT2D eigenvalue weighted by Crippen LogP contribution is 2.38. The summed E-state index contributed by atoms with van der Waals surface area (Å²) in [5.74, 6) is -0.240. The SMILES string of the molecule is CCC(Br)(CC)C(=O)c1ccc(O)c(Cl)c1Cl. The molecule has 0 saturated carbocycles. The van der Waals surface area contributed by atoms with Crippen molar-refractivity contribution >= 4 is 44.9 Å². The number of phenolic OH excluding ortho intramolecular Hbond substituents is 1. The van der Waals surface area contributed by atoms with Gasteiger partial charge in [-0.1, -0.05) is 53.0 Å². The summed E-state index contributed by atoms with van der Waals surface area (Å²) in [7, 11) is 0. The van der Waals surface area contributed by atoms with E-state index in [9.17, 15) is 9.90 Å². The number of phenols is 1. The first-order valence-electron chi connectivity index (χ1n) is 5.28. The summed E-state index contributed by atoms with van der Waals surface area (Å²) in [6, 6.07) is 2.87. The number of halogens is 3. The van der Waals surface area contributed by atoms with Gasteiger partial charge in [0, 0.05) is 5.56 Å². The fourth-order valence-corrected chi connectivity index (χ4v) is 2.15. The predicted molar refractivity (Wildman–Crippen MR) is 74.7 cm³/mol. The Morgan fingerprint density at radius 2 is 1.82 bits per heavy atom. The fourth-order valence-electron chi connectivity index (χ4n) is 1.53. The van der Waals surface area contributed by atoms with Crippen LogP contribution < -0.4 is 0 Å². The molecule has 1 rings (SSSR count). The minimum atomic E-state index is -0.628. The number of hydrogen-bond acceptors (Lipinski definition) is 2. The second-order valence-corrected chi connectivity index (χ2v) is 6.04. The highest BCUT2D eigenvalue weighted by atomic mass is 79.9. The van der Waals surface area contributed by atoms with E-state index >= 15 is 0 Å². The van der Waals surface area contributed by atoms with E-state index < -0.39 is 4.32 Å². The lowest BCUT2D eigenvalue weighted by Gasteiger charge is -2.23. The van der Waals surface area contributed by atoms with E-state index in [1.54, 1.807) is 0 Å². The van der Waals surface area contributed by atoms with Crippen LogP contribution in [-0.4, -0.2) is 15.2 Å². The van der Waals surface area contributed by atoms with Gasteiger partial charge in [0.1, 0.15) is 10.8 Å². The lowest BCUT2D eigenvalue weighted by atomic mass is 9.92.